The number of rotatable bonds is 3. The molecule has 5 heteroatoms. The van der Waals surface area contributed by atoms with Crippen LogP contribution in [0.4, 0.5) is 10.1 Å². The number of amides is 1. The van der Waals surface area contributed by atoms with Crippen molar-refractivity contribution in [3.8, 4) is 0 Å². The van der Waals surface area contributed by atoms with Gasteiger partial charge in [-0.1, -0.05) is 0 Å². The summed E-state index contributed by atoms with van der Waals surface area (Å²) in [4.78, 5) is 14.9. The lowest BCUT2D eigenvalue weighted by Gasteiger charge is -2.10. The molecule has 0 aliphatic carbocycles. The van der Waals surface area contributed by atoms with Crippen molar-refractivity contribution < 1.29 is 9.18 Å². The Hall–Kier alpha value is -1.49. The van der Waals surface area contributed by atoms with Gasteiger partial charge < -0.3 is 10.6 Å². The Labute approximate surface area is 81.5 Å². The molecule has 1 heterocycles. The van der Waals surface area contributed by atoms with Gasteiger partial charge in [-0.2, -0.15) is 0 Å². The highest BCUT2D eigenvalue weighted by Gasteiger charge is 2.10. The maximum atomic E-state index is 12.7. The number of carbonyl (C=O) groups excluding carboxylic acids is 1. The molecular weight excluding hydrogens is 185 g/mol. The number of pyridine rings is 1. The number of carbonyl (C=O) groups is 1. The second kappa shape index (κ2) is 4.66. The maximum absolute atomic E-state index is 12.7. The van der Waals surface area contributed by atoms with Gasteiger partial charge >= 0.3 is 0 Å². The summed E-state index contributed by atoms with van der Waals surface area (Å²) in [7, 11) is 1.67. The Morgan fingerprint density at radius 2 is 2.29 bits per heavy atom. The Morgan fingerprint density at radius 3 is 2.86 bits per heavy atom. The zero-order valence-electron chi connectivity index (χ0n) is 8.04. The van der Waals surface area contributed by atoms with Crippen molar-refractivity contribution in [3.05, 3.63) is 24.3 Å². The molecule has 1 rings (SSSR count). The van der Waals surface area contributed by atoms with E-state index in [-0.39, 0.29) is 11.9 Å². The number of nitrogens with one attached hydrogen (secondary N) is 2. The van der Waals surface area contributed by atoms with Gasteiger partial charge in [0, 0.05) is 6.07 Å². The van der Waals surface area contributed by atoms with E-state index in [1.165, 1.54) is 12.3 Å². The number of aromatic nitrogens is 1. The summed E-state index contributed by atoms with van der Waals surface area (Å²) in [6.07, 6.45) is 2.47. The Bertz CT molecular complexity index is 330. The molecule has 1 unspecified atom stereocenters. The van der Waals surface area contributed by atoms with E-state index in [0.717, 1.165) is 6.20 Å². The van der Waals surface area contributed by atoms with E-state index in [0.29, 0.717) is 5.69 Å². The van der Waals surface area contributed by atoms with Crippen molar-refractivity contribution in [1.82, 2.24) is 10.3 Å². The monoisotopic (exact) mass is 197 g/mol. The lowest BCUT2D eigenvalue weighted by Crippen LogP contribution is -2.35. The summed E-state index contributed by atoms with van der Waals surface area (Å²) in [5.74, 6) is -0.695. The first-order valence-corrected chi connectivity index (χ1v) is 4.22. The molecule has 0 aliphatic rings. The predicted octanol–water partition coefficient (Wildman–Crippen LogP) is 0.767. The van der Waals surface area contributed by atoms with Gasteiger partial charge in [0.1, 0.15) is 5.82 Å². The molecule has 0 aromatic carbocycles. The first kappa shape index (κ1) is 10.6. The normalized spacial score (nSPS) is 12.2. The summed E-state index contributed by atoms with van der Waals surface area (Å²) in [5, 5.41) is 5.30. The standard InChI is InChI=1S/C9H12FN3O/c1-6(11-2)9(14)13-8-3-7(10)4-12-5-8/h3-6,11H,1-2H3,(H,13,14). The number of hydrogen-bond donors (Lipinski definition) is 2. The average Bonchev–Trinajstić information content (AvgIpc) is 2.16. The zero-order valence-corrected chi connectivity index (χ0v) is 8.04. The molecule has 1 atom stereocenters. The van der Waals surface area contributed by atoms with Crippen LogP contribution in [0.2, 0.25) is 0 Å². The molecule has 0 aliphatic heterocycles. The summed E-state index contributed by atoms with van der Waals surface area (Å²) in [6.45, 7) is 1.71. The van der Waals surface area contributed by atoms with Crippen LogP contribution >= 0.6 is 0 Å². The summed E-state index contributed by atoms with van der Waals surface area (Å²) >= 11 is 0. The fourth-order valence-electron chi connectivity index (χ4n) is 0.862. The summed E-state index contributed by atoms with van der Waals surface area (Å²) < 4.78 is 12.7. The molecule has 4 nitrogen and oxygen atoms in total. The molecule has 0 bridgehead atoms. The molecule has 0 fully saturated rings. The first-order valence-electron chi connectivity index (χ1n) is 4.22. The third-order valence-corrected chi connectivity index (χ3v) is 1.80. The predicted molar refractivity (Wildman–Crippen MR) is 51.3 cm³/mol. The van der Waals surface area contributed by atoms with Gasteiger partial charge in [0.15, 0.2) is 0 Å². The first-order chi connectivity index (χ1) is 6.63. The van der Waals surface area contributed by atoms with Gasteiger partial charge in [-0.3, -0.25) is 9.78 Å². The van der Waals surface area contributed by atoms with Crippen LogP contribution in [0, 0.1) is 5.82 Å². The van der Waals surface area contributed by atoms with E-state index in [9.17, 15) is 9.18 Å². The topological polar surface area (TPSA) is 54.0 Å². The van der Waals surface area contributed by atoms with Gasteiger partial charge in [0.25, 0.3) is 0 Å². The molecule has 14 heavy (non-hydrogen) atoms. The molecule has 1 amide bonds. The largest absolute Gasteiger partial charge is 0.323 e. The molecule has 0 saturated heterocycles. The van der Waals surface area contributed by atoms with Crippen molar-refractivity contribution in [2.45, 2.75) is 13.0 Å². The van der Waals surface area contributed by atoms with Crippen LogP contribution in [-0.4, -0.2) is 24.0 Å². The number of nitrogens with zero attached hydrogens (tertiary/aromatic N) is 1. The van der Waals surface area contributed by atoms with Gasteiger partial charge in [-0.15, -0.1) is 0 Å². The second-order valence-corrected chi connectivity index (χ2v) is 2.89. The molecule has 76 valence electrons. The Kier molecular flexibility index (Phi) is 3.53. The van der Waals surface area contributed by atoms with E-state index in [2.05, 4.69) is 15.6 Å². The van der Waals surface area contributed by atoms with Crippen LogP contribution in [0.15, 0.2) is 18.5 Å². The average molecular weight is 197 g/mol. The van der Waals surface area contributed by atoms with Crippen molar-refractivity contribution in [2.75, 3.05) is 12.4 Å². The fourth-order valence-corrected chi connectivity index (χ4v) is 0.862. The van der Waals surface area contributed by atoms with Crippen molar-refractivity contribution >= 4 is 11.6 Å². The van der Waals surface area contributed by atoms with Crippen LogP contribution < -0.4 is 10.6 Å². The van der Waals surface area contributed by atoms with E-state index >= 15 is 0 Å². The third kappa shape index (κ3) is 2.77. The third-order valence-electron chi connectivity index (χ3n) is 1.80. The van der Waals surface area contributed by atoms with E-state index in [4.69, 9.17) is 0 Å². The van der Waals surface area contributed by atoms with Crippen LogP contribution in [0.1, 0.15) is 6.92 Å². The smallest absolute Gasteiger partial charge is 0.241 e. The Balaban J connectivity index is 2.65. The zero-order chi connectivity index (χ0) is 10.6. The van der Waals surface area contributed by atoms with Crippen molar-refractivity contribution in [1.29, 1.82) is 0 Å². The minimum absolute atomic E-state index is 0.222. The number of halogens is 1. The van der Waals surface area contributed by atoms with Crippen LogP contribution in [0.25, 0.3) is 0 Å². The van der Waals surface area contributed by atoms with E-state index in [1.54, 1.807) is 14.0 Å². The fraction of sp³-hybridized carbons (Fsp3) is 0.333. The minimum atomic E-state index is -0.472. The highest BCUT2D eigenvalue weighted by atomic mass is 19.1. The van der Waals surface area contributed by atoms with Gasteiger partial charge in [0.2, 0.25) is 5.91 Å². The Morgan fingerprint density at radius 1 is 1.57 bits per heavy atom. The molecular formula is C9H12FN3O. The molecule has 0 saturated carbocycles. The highest BCUT2D eigenvalue weighted by Crippen LogP contribution is 2.06. The van der Waals surface area contributed by atoms with E-state index < -0.39 is 5.82 Å². The van der Waals surface area contributed by atoms with Gasteiger partial charge in [-0.05, 0) is 14.0 Å². The highest BCUT2D eigenvalue weighted by molar-refractivity contribution is 5.94. The lowest BCUT2D eigenvalue weighted by atomic mass is 10.3. The van der Waals surface area contributed by atoms with E-state index in [1.807, 2.05) is 0 Å². The van der Waals surface area contributed by atoms with Crippen molar-refractivity contribution in [2.24, 2.45) is 0 Å². The van der Waals surface area contributed by atoms with Crippen molar-refractivity contribution in [3.63, 3.8) is 0 Å². The molecule has 1 aromatic rings. The maximum Gasteiger partial charge on any atom is 0.241 e. The van der Waals surface area contributed by atoms with Gasteiger partial charge in [-0.25, -0.2) is 4.39 Å². The quantitative estimate of drug-likeness (QED) is 0.752. The van der Waals surface area contributed by atoms with Crippen LogP contribution in [0.3, 0.4) is 0 Å². The summed E-state index contributed by atoms with van der Waals surface area (Å²) in [6, 6.07) is 0.895. The molecule has 1 aromatic heterocycles. The summed E-state index contributed by atoms with van der Waals surface area (Å²) in [5.41, 5.74) is 0.358. The molecule has 0 spiro atoms. The number of anilines is 1. The minimum Gasteiger partial charge on any atom is -0.323 e. The molecule has 2 N–H and O–H groups in total. The lowest BCUT2D eigenvalue weighted by molar-refractivity contribution is -0.117. The van der Waals surface area contributed by atoms with Crippen LogP contribution in [-0.2, 0) is 4.79 Å². The number of likely N-dealkylation sites (N-methyl/N-ethyl adjacent to an activating group) is 1. The van der Waals surface area contributed by atoms with Gasteiger partial charge in [0.05, 0.1) is 24.1 Å². The molecule has 0 radical (unpaired) electrons. The second-order valence-electron chi connectivity index (χ2n) is 2.89. The number of hydrogen-bond acceptors (Lipinski definition) is 3. The SMILES string of the molecule is CNC(C)C(=O)Nc1cncc(F)c1. The van der Waals surface area contributed by atoms with Crippen LogP contribution in [0.5, 0.6) is 0 Å².